The highest BCUT2D eigenvalue weighted by Crippen LogP contribution is 2.33. The van der Waals surface area contributed by atoms with Gasteiger partial charge in [0.05, 0.1) is 23.8 Å². The van der Waals surface area contributed by atoms with Gasteiger partial charge in [-0.2, -0.15) is 5.10 Å². The third-order valence-electron chi connectivity index (χ3n) is 6.10. The summed E-state index contributed by atoms with van der Waals surface area (Å²) in [7, 11) is 1.81. The molecule has 32 heavy (non-hydrogen) atoms. The molecule has 0 spiro atoms. The van der Waals surface area contributed by atoms with E-state index in [-0.39, 0.29) is 24.3 Å². The summed E-state index contributed by atoms with van der Waals surface area (Å²) >= 11 is 0. The molecule has 0 unspecified atom stereocenters. The van der Waals surface area contributed by atoms with Gasteiger partial charge in [0.2, 0.25) is 11.8 Å². The second kappa shape index (κ2) is 8.83. The maximum atomic E-state index is 13.2. The van der Waals surface area contributed by atoms with Crippen molar-refractivity contribution in [1.82, 2.24) is 19.6 Å². The molecule has 6 heteroatoms. The van der Waals surface area contributed by atoms with Gasteiger partial charge in [0.25, 0.3) is 0 Å². The predicted molar refractivity (Wildman–Crippen MR) is 125 cm³/mol. The van der Waals surface area contributed by atoms with Crippen LogP contribution in [0.3, 0.4) is 0 Å². The summed E-state index contributed by atoms with van der Waals surface area (Å²) < 4.78 is 1.92. The first-order chi connectivity index (χ1) is 15.4. The Kier molecular flexibility index (Phi) is 5.95. The molecular weight excluding hydrogens is 400 g/mol. The first-order valence-corrected chi connectivity index (χ1v) is 10.8. The van der Waals surface area contributed by atoms with Gasteiger partial charge in [-0.15, -0.1) is 0 Å². The van der Waals surface area contributed by atoms with Crippen molar-refractivity contribution in [2.75, 3.05) is 7.05 Å². The van der Waals surface area contributed by atoms with Crippen LogP contribution in [0.5, 0.6) is 0 Å². The molecule has 0 N–H and O–H groups in total. The van der Waals surface area contributed by atoms with Gasteiger partial charge in [-0.3, -0.25) is 9.59 Å². The molecule has 1 aliphatic rings. The van der Waals surface area contributed by atoms with E-state index in [2.05, 4.69) is 0 Å². The molecule has 0 saturated carbocycles. The van der Waals surface area contributed by atoms with Gasteiger partial charge in [0.1, 0.15) is 0 Å². The first-order valence-electron chi connectivity index (χ1n) is 10.8. The Morgan fingerprint density at radius 2 is 1.72 bits per heavy atom. The minimum atomic E-state index is -0.308. The molecule has 2 amide bonds. The predicted octanol–water partition coefficient (Wildman–Crippen LogP) is 4.41. The normalized spacial score (nSPS) is 14.9. The number of nitrogens with zero attached hydrogens (tertiary/aromatic N) is 4. The summed E-state index contributed by atoms with van der Waals surface area (Å²) in [4.78, 5) is 28.8. The van der Waals surface area contributed by atoms with Crippen LogP contribution in [0.4, 0.5) is 0 Å². The van der Waals surface area contributed by atoms with Crippen LogP contribution in [-0.4, -0.2) is 38.4 Å². The van der Waals surface area contributed by atoms with E-state index in [1.807, 2.05) is 86.3 Å². The number of hydrogen-bond acceptors (Lipinski definition) is 3. The molecule has 164 valence electrons. The molecule has 4 rings (SSSR count). The molecule has 0 aliphatic carbocycles. The molecule has 3 aromatic rings. The second-order valence-electron chi connectivity index (χ2n) is 8.24. The number of aromatic nitrogens is 2. The standard InChI is InChI=1S/C26H28N4O2/c1-18-24(19(2)30(27-18)22-11-6-5-7-12-22)17-28(4)26(32)16-25-23-13-9-8-10-21(23)14-15-29(25)20(3)31/h5-15,25H,16-17H2,1-4H3/t25-/m0/s1. The highest BCUT2D eigenvalue weighted by molar-refractivity contribution is 5.81. The molecule has 1 aromatic heterocycles. The number of carbonyl (C=O) groups is 2. The van der Waals surface area contributed by atoms with Gasteiger partial charge in [-0.05, 0) is 43.2 Å². The lowest BCUT2D eigenvalue weighted by Gasteiger charge is -2.33. The van der Waals surface area contributed by atoms with E-state index in [1.165, 1.54) is 6.92 Å². The average Bonchev–Trinajstić information content (AvgIpc) is 3.07. The number of rotatable bonds is 5. The van der Waals surface area contributed by atoms with E-state index in [0.717, 1.165) is 33.8 Å². The van der Waals surface area contributed by atoms with Crippen LogP contribution in [0.25, 0.3) is 11.8 Å². The number of carbonyl (C=O) groups excluding carboxylic acids is 2. The molecule has 2 heterocycles. The van der Waals surface area contributed by atoms with Crippen molar-refractivity contribution >= 4 is 17.9 Å². The van der Waals surface area contributed by atoms with Gasteiger partial charge in [-0.1, -0.05) is 42.5 Å². The van der Waals surface area contributed by atoms with Crippen LogP contribution in [0.15, 0.2) is 60.8 Å². The second-order valence-corrected chi connectivity index (χ2v) is 8.24. The van der Waals surface area contributed by atoms with Gasteiger partial charge < -0.3 is 9.80 Å². The van der Waals surface area contributed by atoms with Crippen LogP contribution in [0, 0.1) is 13.8 Å². The van der Waals surface area contributed by atoms with E-state index in [1.54, 1.807) is 16.0 Å². The number of benzene rings is 2. The van der Waals surface area contributed by atoms with Crippen molar-refractivity contribution in [2.45, 2.75) is 39.8 Å². The zero-order valence-electron chi connectivity index (χ0n) is 18.9. The van der Waals surface area contributed by atoms with E-state index in [0.29, 0.717) is 6.54 Å². The largest absolute Gasteiger partial charge is 0.341 e. The Labute approximate surface area is 188 Å². The molecule has 0 saturated heterocycles. The van der Waals surface area contributed by atoms with Gasteiger partial charge >= 0.3 is 0 Å². The number of para-hydroxylation sites is 1. The topological polar surface area (TPSA) is 58.4 Å². The number of aryl methyl sites for hydroxylation is 1. The Hall–Kier alpha value is -3.67. The third-order valence-corrected chi connectivity index (χ3v) is 6.10. The average molecular weight is 429 g/mol. The highest BCUT2D eigenvalue weighted by atomic mass is 16.2. The molecule has 1 atom stereocenters. The monoisotopic (exact) mass is 428 g/mol. The summed E-state index contributed by atoms with van der Waals surface area (Å²) in [5, 5.41) is 4.69. The van der Waals surface area contributed by atoms with E-state index in [9.17, 15) is 9.59 Å². The molecule has 6 nitrogen and oxygen atoms in total. The minimum absolute atomic E-state index is 0.0161. The molecular formula is C26H28N4O2. The summed E-state index contributed by atoms with van der Waals surface area (Å²) in [6.07, 6.45) is 3.93. The molecule has 0 radical (unpaired) electrons. The van der Waals surface area contributed by atoms with E-state index < -0.39 is 0 Å². The first kappa shape index (κ1) is 21.6. The number of fused-ring (bicyclic) bond motifs is 1. The highest BCUT2D eigenvalue weighted by Gasteiger charge is 2.29. The van der Waals surface area contributed by atoms with Crippen molar-refractivity contribution in [2.24, 2.45) is 0 Å². The smallest absolute Gasteiger partial charge is 0.225 e. The summed E-state index contributed by atoms with van der Waals surface area (Å²) in [5.41, 5.74) is 6.00. The van der Waals surface area contributed by atoms with Crippen LogP contribution in [0.1, 0.15) is 47.5 Å². The third kappa shape index (κ3) is 4.08. The minimum Gasteiger partial charge on any atom is -0.341 e. The lowest BCUT2D eigenvalue weighted by atomic mass is 9.93. The quantitative estimate of drug-likeness (QED) is 0.605. The maximum Gasteiger partial charge on any atom is 0.225 e. The van der Waals surface area contributed by atoms with Crippen molar-refractivity contribution < 1.29 is 9.59 Å². The maximum absolute atomic E-state index is 13.2. The Balaban J connectivity index is 1.54. The summed E-state index contributed by atoms with van der Waals surface area (Å²) in [6, 6.07) is 17.6. The van der Waals surface area contributed by atoms with Crippen molar-refractivity contribution in [3.05, 3.63) is 88.9 Å². The van der Waals surface area contributed by atoms with E-state index in [4.69, 9.17) is 5.10 Å². The Morgan fingerprint density at radius 1 is 1.03 bits per heavy atom. The van der Waals surface area contributed by atoms with Gasteiger partial charge in [0, 0.05) is 38.0 Å². The fourth-order valence-electron chi connectivity index (χ4n) is 4.28. The Morgan fingerprint density at radius 3 is 2.44 bits per heavy atom. The van der Waals surface area contributed by atoms with Crippen LogP contribution < -0.4 is 0 Å². The SMILES string of the molecule is CC(=O)N1C=Cc2ccccc2[C@@H]1CC(=O)N(C)Cc1c(C)nn(-c2ccccc2)c1C. The summed E-state index contributed by atoms with van der Waals surface area (Å²) in [5.74, 6) is -0.0929. The fraction of sp³-hybridized carbons (Fsp3) is 0.269. The van der Waals surface area contributed by atoms with Crippen molar-refractivity contribution in [1.29, 1.82) is 0 Å². The van der Waals surface area contributed by atoms with Crippen molar-refractivity contribution in [3.63, 3.8) is 0 Å². The molecule has 2 aromatic carbocycles. The van der Waals surface area contributed by atoms with Crippen LogP contribution in [0.2, 0.25) is 0 Å². The number of amides is 2. The number of hydrogen-bond donors (Lipinski definition) is 0. The molecule has 0 bridgehead atoms. The molecule has 1 aliphatic heterocycles. The van der Waals surface area contributed by atoms with Gasteiger partial charge in [-0.25, -0.2) is 4.68 Å². The zero-order valence-corrected chi connectivity index (χ0v) is 18.9. The fourth-order valence-corrected chi connectivity index (χ4v) is 4.28. The van der Waals surface area contributed by atoms with Crippen molar-refractivity contribution in [3.8, 4) is 5.69 Å². The van der Waals surface area contributed by atoms with E-state index >= 15 is 0 Å². The summed E-state index contributed by atoms with van der Waals surface area (Å²) in [6.45, 7) is 6.00. The Bertz CT molecular complexity index is 1180. The zero-order chi connectivity index (χ0) is 22.8. The molecule has 0 fully saturated rings. The van der Waals surface area contributed by atoms with Gasteiger partial charge in [0.15, 0.2) is 0 Å². The van der Waals surface area contributed by atoms with Crippen LogP contribution in [-0.2, 0) is 16.1 Å². The lowest BCUT2D eigenvalue weighted by Crippen LogP contribution is -2.36. The lowest BCUT2D eigenvalue weighted by molar-refractivity contribution is -0.134. The van der Waals surface area contributed by atoms with Crippen LogP contribution >= 0.6 is 0 Å².